The topological polar surface area (TPSA) is 41.5 Å². The van der Waals surface area contributed by atoms with E-state index in [2.05, 4.69) is 47.0 Å². The summed E-state index contributed by atoms with van der Waals surface area (Å²) in [4.78, 5) is 13.5. The second kappa shape index (κ2) is 6.30. The van der Waals surface area contributed by atoms with E-state index in [1.54, 1.807) is 0 Å². The molecule has 0 amide bonds. The van der Waals surface area contributed by atoms with Crippen LogP contribution in [0.25, 0.3) is 0 Å². The van der Waals surface area contributed by atoms with E-state index in [-0.39, 0.29) is 0 Å². The zero-order valence-electron chi connectivity index (χ0n) is 12.4. The Balaban J connectivity index is 2.11. The maximum Gasteiger partial charge on any atom is 0.132 e. The van der Waals surface area contributed by atoms with Crippen LogP contribution in [-0.4, -0.2) is 62.3 Å². The normalized spacial score (nSPS) is 19.1. The van der Waals surface area contributed by atoms with E-state index in [0.29, 0.717) is 5.92 Å². The summed E-state index contributed by atoms with van der Waals surface area (Å²) in [5, 5.41) is 0. The van der Waals surface area contributed by atoms with Gasteiger partial charge in [0, 0.05) is 38.7 Å². The molecule has 0 N–H and O–H groups in total. The Morgan fingerprint density at radius 3 is 2.68 bits per heavy atom. The predicted molar refractivity (Wildman–Crippen MR) is 76.8 cm³/mol. The first-order valence-electron chi connectivity index (χ1n) is 6.85. The standard InChI is InChI=1S/C14H24N4O/c1-11-15-13(12-5-8-19-10-12)9-14(16-11)18(4)7-6-17(2)3/h9,12H,5-8,10H2,1-4H3/t12-/m0/s1. The Morgan fingerprint density at radius 2 is 2.05 bits per heavy atom. The lowest BCUT2D eigenvalue weighted by Gasteiger charge is -2.22. The molecule has 0 aromatic carbocycles. The van der Waals surface area contributed by atoms with Crippen molar-refractivity contribution in [3.63, 3.8) is 0 Å². The number of aryl methyl sites for hydroxylation is 1. The van der Waals surface area contributed by atoms with E-state index in [1.807, 2.05) is 6.92 Å². The first kappa shape index (κ1) is 14.2. The highest BCUT2D eigenvalue weighted by Gasteiger charge is 2.20. The summed E-state index contributed by atoms with van der Waals surface area (Å²) in [5.41, 5.74) is 1.12. The lowest BCUT2D eigenvalue weighted by atomic mass is 10.0. The predicted octanol–water partition coefficient (Wildman–Crippen LogP) is 1.29. The molecule has 5 nitrogen and oxygen atoms in total. The summed E-state index contributed by atoms with van der Waals surface area (Å²) < 4.78 is 5.45. The highest BCUT2D eigenvalue weighted by molar-refractivity contribution is 5.39. The average Bonchev–Trinajstić information content (AvgIpc) is 2.89. The Kier molecular flexibility index (Phi) is 4.71. The van der Waals surface area contributed by atoms with Crippen LogP contribution >= 0.6 is 0 Å². The smallest absolute Gasteiger partial charge is 0.132 e. The number of likely N-dealkylation sites (N-methyl/N-ethyl adjacent to an activating group) is 2. The molecular weight excluding hydrogens is 240 g/mol. The van der Waals surface area contributed by atoms with Crippen LogP contribution in [-0.2, 0) is 4.74 Å². The van der Waals surface area contributed by atoms with Gasteiger partial charge in [-0.15, -0.1) is 0 Å². The van der Waals surface area contributed by atoms with Crippen molar-refractivity contribution in [2.24, 2.45) is 0 Å². The highest BCUT2D eigenvalue weighted by atomic mass is 16.5. The highest BCUT2D eigenvalue weighted by Crippen LogP contribution is 2.25. The summed E-state index contributed by atoms with van der Waals surface area (Å²) in [6.07, 6.45) is 1.07. The quantitative estimate of drug-likeness (QED) is 0.801. The minimum atomic E-state index is 0.433. The molecule has 1 fully saturated rings. The van der Waals surface area contributed by atoms with Gasteiger partial charge in [-0.05, 0) is 27.4 Å². The number of hydrogen-bond acceptors (Lipinski definition) is 5. The molecule has 1 atom stereocenters. The molecule has 1 saturated heterocycles. The van der Waals surface area contributed by atoms with Crippen molar-refractivity contribution in [2.45, 2.75) is 19.3 Å². The summed E-state index contributed by atoms with van der Waals surface area (Å²) in [6, 6.07) is 2.11. The molecule has 106 valence electrons. The summed E-state index contributed by atoms with van der Waals surface area (Å²) in [6.45, 7) is 5.57. The van der Waals surface area contributed by atoms with E-state index in [0.717, 1.165) is 50.1 Å². The van der Waals surface area contributed by atoms with Crippen LogP contribution in [0.2, 0.25) is 0 Å². The van der Waals surface area contributed by atoms with E-state index >= 15 is 0 Å². The third-order valence-corrected chi connectivity index (χ3v) is 3.47. The number of rotatable bonds is 5. The molecule has 19 heavy (non-hydrogen) atoms. The molecule has 1 aromatic rings. The fraction of sp³-hybridized carbons (Fsp3) is 0.714. The van der Waals surface area contributed by atoms with Gasteiger partial charge in [-0.25, -0.2) is 9.97 Å². The van der Waals surface area contributed by atoms with Crippen molar-refractivity contribution in [3.8, 4) is 0 Å². The minimum absolute atomic E-state index is 0.433. The number of ether oxygens (including phenoxy) is 1. The number of anilines is 1. The zero-order chi connectivity index (χ0) is 13.8. The van der Waals surface area contributed by atoms with Crippen LogP contribution in [0.5, 0.6) is 0 Å². The molecule has 5 heteroatoms. The summed E-state index contributed by atoms with van der Waals surface area (Å²) in [7, 11) is 6.25. The molecule has 0 aliphatic carbocycles. The van der Waals surface area contributed by atoms with Gasteiger partial charge in [0.2, 0.25) is 0 Å². The van der Waals surface area contributed by atoms with Crippen LogP contribution < -0.4 is 4.90 Å². The fourth-order valence-electron chi connectivity index (χ4n) is 2.21. The van der Waals surface area contributed by atoms with Gasteiger partial charge in [0.15, 0.2) is 0 Å². The molecule has 0 radical (unpaired) electrons. The van der Waals surface area contributed by atoms with Gasteiger partial charge < -0.3 is 14.5 Å². The van der Waals surface area contributed by atoms with Gasteiger partial charge in [0.1, 0.15) is 11.6 Å². The van der Waals surface area contributed by atoms with Crippen molar-refractivity contribution in [1.29, 1.82) is 0 Å². The van der Waals surface area contributed by atoms with Crippen LogP contribution in [0.4, 0.5) is 5.82 Å². The third kappa shape index (κ3) is 3.88. The van der Waals surface area contributed by atoms with Gasteiger partial charge in [-0.3, -0.25) is 0 Å². The summed E-state index contributed by atoms with van der Waals surface area (Å²) in [5.74, 6) is 2.29. The van der Waals surface area contributed by atoms with E-state index in [4.69, 9.17) is 4.74 Å². The Hall–Kier alpha value is -1.20. The average molecular weight is 264 g/mol. The lowest BCUT2D eigenvalue weighted by molar-refractivity contribution is 0.193. The van der Waals surface area contributed by atoms with Gasteiger partial charge >= 0.3 is 0 Å². The van der Waals surface area contributed by atoms with Gasteiger partial charge in [0.05, 0.1) is 12.3 Å². The van der Waals surface area contributed by atoms with Gasteiger partial charge in [-0.2, -0.15) is 0 Å². The molecule has 0 spiro atoms. The first-order valence-corrected chi connectivity index (χ1v) is 6.85. The van der Waals surface area contributed by atoms with Crippen molar-refractivity contribution in [3.05, 3.63) is 17.6 Å². The Labute approximate surface area is 115 Å². The Bertz CT molecular complexity index is 416. The molecule has 2 rings (SSSR count). The fourth-order valence-corrected chi connectivity index (χ4v) is 2.21. The molecule has 1 aromatic heterocycles. The molecular formula is C14H24N4O. The Morgan fingerprint density at radius 1 is 1.26 bits per heavy atom. The van der Waals surface area contributed by atoms with Gasteiger partial charge in [-0.1, -0.05) is 0 Å². The molecule has 0 bridgehead atoms. The van der Waals surface area contributed by atoms with Crippen LogP contribution in [0.3, 0.4) is 0 Å². The minimum Gasteiger partial charge on any atom is -0.381 e. The van der Waals surface area contributed by atoms with Crippen LogP contribution in [0, 0.1) is 6.92 Å². The maximum absolute atomic E-state index is 5.45. The molecule has 0 saturated carbocycles. The van der Waals surface area contributed by atoms with E-state index in [9.17, 15) is 0 Å². The van der Waals surface area contributed by atoms with Crippen LogP contribution in [0.15, 0.2) is 6.07 Å². The van der Waals surface area contributed by atoms with Crippen molar-refractivity contribution in [2.75, 3.05) is 52.3 Å². The molecule has 0 unspecified atom stereocenters. The third-order valence-electron chi connectivity index (χ3n) is 3.47. The zero-order valence-corrected chi connectivity index (χ0v) is 12.4. The monoisotopic (exact) mass is 264 g/mol. The number of aromatic nitrogens is 2. The lowest BCUT2D eigenvalue weighted by Crippen LogP contribution is -2.29. The van der Waals surface area contributed by atoms with E-state index < -0.39 is 0 Å². The molecule has 1 aliphatic rings. The van der Waals surface area contributed by atoms with Crippen molar-refractivity contribution >= 4 is 5.82 Å². The van der Waals surface area contributed by atoms with Crippen molar-refractivity contribution < 1.29 is 4.74 Å². The largest absolute Gasteiger partial charge is 0.381 e. The molecule has 1 aliphatic heterocycles. The van der Waals surface area contributed by atoms with E-state index in [1.165, 1.54) is 0 Å². The maximum atomic E-state index is 5.45. The second-order valence-electron chi connectivity index (χ2n) is 5.48. The van der Waals surface area contributed by atoms with Gasteiger partial charge in [0.25, 0.3) is 0 Å². The number of nitrogens with zero attached hydrogens (tertiary/aromatic N) is 4. The number of hydrogen-bond donors (Lipinski definition) is 0. The van der Waals surface area contributed by atoms with Crippen molar-refractivity contribution in [1.82, 2.24) is 14.9 Å². The van der Waals surface area contributed by atoms with Crippen LogP contribution in [0.1, 0.15) is 23.9 Å². The summed E-state index contributed by atoms with van der Waals surface area (Å²) >= 11 is 0. The second-order valence-corrected chi connectivity index (χ2v) is 5.48. The SMILES string of the molecule is Cc1nc([C@H]2CCOC2)cc(N(C)CCN(C)C)n1. The molecule has 2 heterocycles. The first-order chi connectivity index (χ1) is 9.06.